The van der Waals surface area contributed by atoms with Gasteiger partial charge in [-0.05, 0) is 25.0 Å². The van der Waals surface area contributed by atoms with Gasteiger partial charge in [-0.15, -0.1) is 5.10 Å². The molecule has 0 radical (unpaired) electrons. The number of likely N-dealkylation sites (tertiary alicyclic amines) is 1. The molecule has 2 aromatic rings. The number of pyridine rings is 1. The second kappa shape index (κ2) is 7.20. The molecule has 1 fully saturated rings. The Kier molecular flexibility index (Phi) is 4.83. The summed E-state index contributed by atoms with van der Waals surface area (Å²) in [6.07, 6.45) is 6.57. The first kappa shape index (κ1) is 16.1. The second-order valence-electron chi connectivity index (χ2n) is 5.86. The minimum atomic E-state index is -0.0455. The van der Waals surface area contributed by atoms with Crippen molar-refractivity contribution >= 4 is 11.8 Å². The lowest BCUT2D eigenvalue weighted by molar-refractivity contribution is -0.134. The molecule has 1 aliphatic rings. The predicted octanol–water partition coefficient (Wildman–Crippen LogP) is 0.537. The van der Waals surface area contributed by atoms with Crippen LogP contribution in [0, 0.1) is 5.92 Å². The number of nitrogens with zero attached hydrogens (tertiary/aromatic N) is 5. The van der Waals surface area contributed by atoms with E-state index in [1.165, 1.54) is 0 Å². The lowest BCUT2D eigenvalue weighted by Gasteiger charge is -2.30. The van der Waals surface area contributed by atoms with Gasteiger partial charge in [0.2, 0.25) is 11.8 Å². The van der Waals surface area contributed by atoms with Gasteiger partial charge in [-0.2, -0.15) is 0 Å². The van der Waals surface area contributed by atoms with Crippen molar-refractivity contribution in [1.29, 1.82) is 0 Å². The summed E-state index contributed by atoms with van der Waals surface area (Å²) in [4.78, 5) is 29.3. The highest BCUT2D eigenvalue weighted by Crippen LogP contribution is 2.17. The Hall–Kier alpha value is -2.77. The molecule has 0 bridgehead atoms. The number of hydrogen-bond acceptors (Lipinski definition) is 5. The van der Waals surface area contributed by atoms with E-state index in [1.54, 1.807) is 35.1 Å². The first-order chi connectivity index (χ1) is 11.6. The number of carbonyl (C=O) groups excluding carboxylic acids is 2. The van der Waals surface area contributed by atoms with E-state index in [2.05, 4.69) is 20.6 Å². The first-order valence-corrected chi connectivity index (χ1v) is 7.98. The van der Waals surface area contributed by atoms with Gasteiger partial charge in [0.05, 0.1) is 18.4 Å². The number of carbonyl (C=O) groups is 2. The van der Waals surface area contributed by atoms with Gasteiger partial charge in [0.1, 0.15) is 5.69 Å². The van der Waals surface area contributed by atoms with Crippen LogP contribution in [0.3, 0.4) is 0 Å². The monoisotopic (exact) mass is 328 g/mol. The average molecular weight is 328 g/mol. The summed E-state index contributed by atoms with van der Waals surface area (Å²) in [7, 11) is 0. The van der Waals surface area contributed by atoms with Crippen molar-refractivity contribution in [2.75, 3.05) is 13.1 Å². The van der Waals surface area contributed by atoms with E-state index < -0.39 is 0 Å². The molecule has 1 saturated heterocycles. The van der Waals surface area contributed by atoms with E-state index in [0.29, 0.717) is 38.2 Å². The van der Waals surface area contributed by atoms with Crippen molar-refractivity contribution in [2.45, 2.75) is 26.3 Å². The molecule has 0 aliphatic carbocycles. The summed E-state index contributed by atoms with van der Waals surface area (Å²) < 4.78 is 1.65. The van der Waals surface area contributed by atoms with Crippen LogP contribution in [0.5, 0.6) is 0 Å². The Morgan fingerprint density at radius 2 is 1.96 bits per heavy atom. The van der Waals surface area contributed by atoms with Gasteiger partial charge in [-0.1, -0.05) is 5.21 Å². The maximum atomic E-state index is 12.2. The third kappa shape index (κ3) is 3.76. The van der Waals surface area contributed by atoms with Crippen molar-refractivity contribution in [3.05, 3.63) is 36.4 Å². The van der Waals surface area contributed by atoms with E-state index >= 15 is 0 Å². The molecule has 2 amide bonds. The van der Waals surface area contributed by atoms with Crippen LogP contribution in [0.15, 0.2) is 30.7 Å². The Labute approximate surface area is 139 Å². The molecule has 3 heterocycles. The van der Waals surface area contributed by atoms with E-state index in [1.807, 2.05) is 12.1 Å². The maximum absolute atomic E-state index is 12.2. The van der Waals surface area contributed by atoms with Crippen molar-refractivity contribution in [3.63, 3.8) is 0 Å². The Morgan fingerprint density at radius 3 is 2.62 bits per heavy atom. The lowest BCUT2D eigenvalue weighted by atomic mass is 9.96. The summed E-state index contributed by atoms with van der Waals surface area (Å²) in [5.74, 6) is 0.0362. The number of nitrogens with one attached hydrogen (secondary N) is 1. The molecular weight excluding hydrogens is 308 g/mol. The van der Waals surface area contributed by atoms with Crippen LogP contribution in [0.4, 0.5) is 0 Å². The number of aromatic nitrogens is 4. The Balaban J connectivity index is 1.50. The third-order valence-corrected chi connectivity index (χ3v) is 4.22. The van der Waals surface area contributed by atoms with Gasteiger partial charge in [0.15, 0.2) is 0 Å². The largest absolute Gasteiger partial charge is 0.350 e. The fraction of sp³-hybridized carbons (Fsp3) is 0.438. The molecule has 126 valence electrons. The van der Waals surface area contributed by atoms with Crippen LogP contribution in [0.1, 0.15) is 25.5 Å². The molecule has 1 aliphatic heterocycles. The highest BCUT2D eigenvalue weighted by molar-refractivity contribution is 5.79. The zero-order chi connectivity index (χ0) is 16.9. The van der Waals surface area contributed by atoms with Crippen LogP contribution < -0.4 is 5.32 Å². The van der Waals surface area contributed by atoms with E-state index in [9.17, 15) is 9.59 Å². The van der Waals surface area contributed by atoms with Gasteiger partial charge >= 0.3 is 0 Å². The number of piperidine rings is 1. The molecule has 24 heavy (non-hydrogen) atoms. The van der Waals surface area contributed by atoms with Crippen molar-refractivity contribution in [1.82, 2.24) is 30.2 Å². The van der Waals surface area contributed by atoms with Crippen molar-refractivity contribution < 1.29 is 9.59 Å². The lowest BCUT2D eigenvalue weighted by Crippen LogP contribution is -2.42. The minimum absolute atomic E-state index is 0.0108. The van der Waals surface area contributed by atoms with Gasteiger partial charge < -0.3 is 10.2 Å². The molecule has 0 atom stereocenters. The molecule has 3 rings (SSSR count). The smallest absolute Gasteiger partial charge is 0.223 e. The van der Waals surface area contributed by atoms with E-state index in [0.717, 1.165) is 5.69 Å². The number of rotatable bonds is 4. The average Bonchev–Trinajstić information content (AvgIpc) is 3.09. The molecule has 2 aromatic heterocycles. The standard InChI is InChI=1S/C16H20N6O2/c1-12(23)21-8-4-13(5-9-21)16(24)18-10-14-11-22(20-19-14)15-2-6-17-7-3-15/h2-3,6-7,11,13H,4-5,8-10H2,1H3,(H,18,24). The molecular formula is C16H20N6O2. The summed E-state index contributed by atoms with van der Waals surface area (Å²) >= 11 is 0. The quantitative estimate of drug-likeness (QED) is 0.884. The minimum Gasteiger partial charge on any atom is -0.350 e. The zero-order valence-corrected chi connectivity index (χ0v) is 13.6. The van der Waals surface area contributed by atoms with Gasteiger partial charge in [-0.25, -0.2) is 4.68 Å². The topological polar surface area (TPSA) is 93.0 Å². The van der Waals surface area contributed by atoms with Crippen LogP contribution in [0.25, 0.3) is 5.69 Å². The maximum Gasteiger partial charge on any atom is 0.223 e. The Bertz CT molecular complexity index is 706. The van der Waals surface area contributed by atoms with Crippen LogP contribution in [0.2, 0.25) is 0 Å². The third-order valence-electron chi connectivity index (χ3n) is 4.22. The molecule has 0 aromatic carbocycles. The molecule has 1 N–H and O–H groups in total. The zero-order valence-electron chi connectivity index (χ0n) is 13.6. The first-order valence-electron chi connectivity index (χ1n) is 7.98. The van der Waals surface area contributed by atoms with E-state index in [-0.39, 0.29) is 17.7 Å². The van der Waals surface area contributed by atoms with Crippen LogP contribution in [-0.2, 0) is 16.1 Å². The normalized spacial score (nSPS) is 15.3. The molecule has 8 nitrogen and oxygen atoms in total. The van der Waals surface area contributed by atoms with Gasteiger partial charge in [-0.3, -0.25) is 14.6 Å². The molecule has 8 heteroatoms. The van der Waals surface area contributed by atoms with Crippen molar-refractivity contribution in [2.24, 2.45) is 5.92 Å². The number of hydrogen-bond donors (Lipinski definition) is 1. The van der Waals surface area contributed by atoms with Gasteiger partial charge in [0.25, 0.3) is 0 Å². The fourth-order valence-electron chi connectivity index (χ4n) is 2.78. The highest BCUT2D eigenvalue weighted by atomic mass is 16.2. The molecule has 0 unspecified atom stereocenters. The second-order valence-corrected chi connectivity index (χ2v) is 5.86. The van der Waals surface area contributed by atoms with Gasteiger partial charge in [0, 0.05) is 38.3 Å². The molecule has 0 saturated carbocycles. The summed E-state index contributed by atoms with van der Waals surface area (Å²) in [6, 6.07) is 3.67. The predicted molar refractivity (Wildman–Crippen MR) is 86.0 cm³/mol. The Morgan fingerprint density at radius 1 is 1.25 bits per heavy atom. The summed E-state index contributed by atoms with van der Waals surface area (Å²) in [6.45, 7) is 3.20. The highest BCUT2D eigenvalue weighted by Gasteiger charge is 2.25. The van der Waals surface area contributed by atoms with Crippen molar-refractivity contribution in [3.8, 4) is 5.69 Å². The summed E-state index contributed by atoms with van der Waals surface area (Å²) in [5, 5.41) is 11.0. The van der Waals surface area contributed by atoms with E-state index in [4.69, 9.17) is 0 Å². The van der Waals surface area contributed by atoms with Crippen LogP contribution in [-0.4, -0.2) is 49.8 Å². The van der Waals surface area contributed by atoms with Crippen LogP contribution >= 0.6 is 0 Å². The fourth-order valence-corrected chi connectivity index (χ4v) is 2.78. The summed E-state index contributed by atoms with van der Waals surface area (Å²) in [5.41, 5.74) is 1.56. The number of amides is 2. The SMILES string of the molecule is CC(=O)N1CCC(C(=O)NCc2cn(-c3ccncc3)nn2)CC1. The molecule has 0 spiro atoms.